The molecule has 0 aliphatic carbocycles. The van der Waals surface area contributed by atoms with Gasteiger partial charge in [-0.1, -0.05) is 30.3 Å². The van der Waals surface area contributed by atoms with Crippen molar-refractivity contribution in [1.82, 2.24) is 14.9 Å². The van der Waals surface area contributed by atoms with Crippen LogP contribution >= 0.6 is 12.2 Å². The second-order valence-electron chi connectivity index (χ2n) is 7.98. The summed E-state index contributed by atoms with van der Waals surface area (Å²) < 4.78 is 12.7. The fraction of sp³-hybridized carbons (Fsp3) is 0.148. The molecule has 5 rings (SSSR count). The first-order chi connectivity index (χ1) is 17.1. The van der Waals surface area contributed by atoms with E-state index in [1.807, 2.05) is 83.6 Å². The van der Waals surface area contributed by atoms with Crippen molar-refractivity contribution in [2.75, 3.05) is 19.1 Å². The fourth-order valence-corrected chi connectivity index (χ4v) is 4.90. The zero-order valence-corrected chi connectivity index (χ0v) is 20.1. The number of aromatic nitrogens is 2. The molecule has 2 aromatic heterocycles. The molecule has 0 spiro atoms. The quantitative estimate of drug-likeness (QED) is 0.310. The van der Waals surface area contributed by atoms with E-state index in [0.717, 1.165) is 22.8 Å². The minimum Gasteiger partial charge on any atom is -0.495 e. The summed E-state index contributed by atoms with van der Waals surface area (Å²) in [5.74, 6) is 0.305. The van der Waals surface area contributed by atoms with Crippen molar-refractivity contribution < 1.29 is 14.3 Å². The Morgan fingerprint density at radius 2 is 1.69 bits per heavy atom. The molecule has 8 heteroatoms. The van der Waals surface area contributed by atoms with Gasteiger partial charge in [-0.25, -0.2) is 4.79 Å². The third-order valence-electron chi connectivity index (χ3n) is 6.10. The molecule has 2 aromatic carbocycles. The third-order valence-corrected chi connectivity index (χ3v) is 6.41. The smallest absolute Gasteiger partial charge is 0.339 e. The Labute approximate surface area is 208 Å². The largest absolute Gasteiger partial charge is 0.495 e. The SMILES string of the molecule is COC(=O)c1ccccc1-n1cccc1[C@@H]1[C@@H](c2ccccn2)NC(=S)N1c1ccccc1OC. The van der Waals surface area contributed by atoms with Crippen LogP contribution in [0.1, 0.15) is 33.8 Å². The monoisotopic (exact) mass is 484 g/mol. The molecule has 35 heavy (non-hydrogen) atoms. The minimum absolute atomic E-state index is 0.243. The van der Waals surface area contributed by atoms with Gasteiger partial charge in [-0.05, 0) is 60.7 Å². The van der Waals surface area contributed by atoms with Crippen LogP contribution in [0.3, 0.4) is 0 Å². The molecule has 1 saturated heterocycles. The molecule has 176 valence electrons. The molecule has 4 aromatic rings. The van der Waals surface area contributed by atoms with Crippen LogP contribution in [0.25, 0.3) is 5.69 Å². The summed E-state index contributed by atoms with van der Waals surface area (Å²) in [4.78, 5) is 19.2. The molecule has 1 aliphatic heterocycles. The second kappa shape index (κ2) is 9.60. The maximum absolute atomic E-state index is 12.6. The molecule has 1 N–H and O–H groups in total. The first-order valence-electron chi connectivity index (χ1n) is 11.1. The van der Waals surface area contributed by atoms with Crippen molar-refractivity contribution in [1.29, 1.82) is 0 Å². The van der Waals surface area contributed by atoms with Crippen LogP contribution in [0.5, 0.6) is 5.75 Å². The lowest BCUT2D eigenvalue weighted by molar-refractivity contribution is 0.0600. The fourth-order valence-electron chi connectivity index (χ4n) is 4.56. The number of carbonyl (C=O) groups is 1. The third kappa shape index (κ3) is 4.02. The van der Waals surface area contributed by atoms with E-state index in [1.165, 1.54) is 7.11 Å². The van der Waals surface area contributed by atoms with Crippen LogP contribution < -0.4 is 15.0 Å². The van der Waals surface area contributed by atoms with Crippen molar-refractivity contribution >= 4 is 29.0 Å². The Kier molecular flexibility index (Phi) is 6.20. The number of thiocarbonyl (C=S) groups is 1. The molecule has 1 aliphatic rings. The molecular formula is C27H24N4O3S. The van der Waals surface area contributed by atoms with Gasteiger partial charge in [0, 0.05) is 18.1 Å². The van der Waals surface area contributed by atoms with Gasteiger partial charge in [-0.3, -0.25) is 4.98 Å². The zero-order valence-electron chi connectivity index (χ0n) is 19.3. The number of hydrogen-bond acceptors (Lipinski definition) is 5. The second-order valence-corrected chi connectivity index (χ2v) is 8.37. The zero-order chi connectivity index (χ0) is 24.4. The number of para-hydroxylation sites is 3. The van der Waals surface area contributed by atoms with Gasteiger partial charge < -0.3 is 24.3 Å². The predicted molar refractivity (Wildman–Crippen MR) is 138 cm³/mol. The van der Waals surface area contributed by atoms with Gasteiger partial charge in [0.05, 0.1) is 42.9 Å². The average molecular weight is 485 g/mol. The lowest BCUT2D eigenvalue weighted by atomic mass is 10.00. The maximum Gasteiger partial charge on any atom is 0.339 e. The van der Waals surface area contributed by atoms with Gasteiger partial charge in [-0.2, -0.15) is 0 Å². The topological polar surface area (TPSA) is 68.6 Å². The highest BCUT2D eigenvalue weighted by Crippen LogP contribution is 2.45. The van der Waals surface area contributed by atoms with Gasteiger partial charge >= 0.3 is 5.97 Å². The van der Waals surface area contributed by atoms with Crippen molar-refractivity contribution in [3.8, 4) is 11.4 Å². The molecule has 2 atom stereocenters. The number of methoxy groups -OCH3 is 2. The van der Waals surface area contributed by atoms with Crippen LogP contribution in [-0.4, -0.2) is 34.9 Å². The summed E-state index contributed by atoms with van der Waals surface area (Å²) >= 11 is 5.85. The summed E-state index contributed by atoms with van der Waals surface area (Å²) in [6, 6.07) is 24.5. The van der Waals surface area contributed by atoms with Crippen molar-refractivity contribution in [2.45, 2.75) is 12.1 Å². The lowest BCUT2D eigenvalue weighted by Gasteiger charge is -2.30. The number of benzene rings is 2. The van der Waals surface area contributed by atoms with Gasteiger partial charge in [-0.15, -0.1) is 0 Å². The number of nitrogens with zero attached hydrogens (tertiary/aromatic N) is 3. The highest BCUT2D eigenvalue weighted by molar-refractivity contribution is 7.80. The Morgan fingerprint density at radius 1 is 0.943 bits per heavy atom. The van der Waals surface area contributed by atoms with Gasteiger partial charge in [0.2, 0.25) is 0 Å². The first kappa shape index (κ1) is 22.6. The van der Waals surface area contributed by atoms with Crippen molar-refractivity contribution in [2.24, 2.45) is 0 Å². The standard InChI is InChI=1S/C27H24N4O3S/c1-33-23-15-6-5-13-21(23)31-25(24(29-27(31)35)19-11-7-8-16-28-19)22-14-9-17-30(22)20-12-4-3-10-18(20)26(32)34-2/h3-17,24-25H,1-2H3,(H,29,35)/t24-,25-/m1/s1. The summed E-state index contributed by atoms with van der Waals surface area (Å²) in [6.07, 6.45) is 3.71. The van der Waals surface area contributed by atoms with Crippen molar-refractivity contribution in [3.63, 3.8) is 0 Å². The molecule has 1 fully saturated rings. The van der Waals surface area contributed by atoms with Crippen LogP contribution in [0.15, 0.2) is 91.3 Å². The Morgan fingerprint density at radius 3 is 2.43 bits per heavy atom. The number of nitrogens with one attached hydrogen (secondary N) is 1. The molecule has 3 heterocycles. The van der Waals surface area contributed by atoms with Crippen LogP contribution in [0.4, 0.5) is 5.69 Å². The summed E-state index contributed by atoms with van der Waals surface area (Å²) in [6.45, 7) is 0. The molecule has 0 unspecified atom stereocenters. The number of esters is 1. The maximum atomic E-state index is 12.6. The van der Waals surface area contributed by atoms with E-state index in [1.54, 1.807) is 19.4 Å². The number of ether oxygens (including phenoxy) is 2. The Bertz CT molecular complexity index is 1370. The number of rotatable bonds is 6. The number of anilines is 1. The van der Waals surface area contributed by atoms with E-state index >= 15 is 0 Å². The lowest BCUT2D eigenvalue weighted by Crippen LogP contribution is -2.30. The van der Waals surface area contributed by atoms with E-state index < -0.39 is 5.97 Å². The number of carbonyl (C=O) groups excluding carboxylic acids is 1. The van der Waals surface area contributed by atoms with Gasteiger partial charge in [0.1, 0.15) is 11.8 Å². The van der Waals surface area contributed by atoms with E-state index in [9.17, 15) is 4.79 Å². The summed E-state index contributed by atoms with van der Waals surface area (Å²) in [5.41, 5.74) is 3.81. The number of pyridine rings is 1. The normalized spacial score (nSPS) is 17.2. The molecule has 0 saturated carbocycles. The van der Waals surface area contributed by atoms with E-state index in [4.69, 9.17) is 21.7 Å². The molecule has 0 amide bonds. The minimum atomic E-state index is -0.400. The first-order valence-corrected chi connectivity index (χ1v) is 11.5. The molecule has 7 nitrogen and oxygen atoms in total. The summed E-state index contributed by atoms with van der Waals surface area (Å²) in [5, 5.41) is 4.03. The molecule has 0 bridgehead atoms. The number of hydrogen-bond donors (Lipinski definition) is 1. The van der Waals surface area contributed by atoms with Gasteiger partial charge in [0.15, 0.2) is 5.11 Å². The van der Waals surface area contributed by atoms with Crippen LogP contribution in [0, 0.1) is 0 Å². The Balaban J connectivity index is 1.71. The molecule has 0 radical (unpaired) electrons. The van der Waals surface area contributed by atoms with Crippen LogP contribution in [-0.2, 0) is 4.74 Å². The summed E-state index contributed by atoms with van der Waals surface area (Å²) in [7, 11) is 3.03. The highest BCUT2D eigenvalue weighted by atomic mass is 32.1. The van der Waals surface area contributed by atoms with E-state index in [-0.39, 0.29) is 12.1 Å². The highest BCUT2D eigenvalue weighted by Gasteiger charge is 2.43. The van der Waals surface area contributed by atoms with Crippen LogP contribution in [0.2, 0.25) is 0 Å². The van der Waals surface area contributed by atoms with Gasteiger partial charge in [0.25, 0.3) is 0 Å². The average Bonchev–Trinajstić information content (AvgIpc) is 3.52. The van der Waals surface area contributed by atoms with E-state index in [2.05, 4.69) is 15.2 Å². The van der Waals surface area contributed by atoms with Crippen molar-refractivity contribution in [3.05, 3.63) is 108 Å². The Hall–Kier alpha value is -4.17. The van der Waals surface area contributed by atoms with E-state index in [0.29, 0.717) is 16.4 Å². The molecular weight excluding hydrogens is 460 g/mol. The predicted octanol–water partition coefficient (Wildman–Crippen LogP) is 4.84.